The van der Waals surface area contributed by atoms with Crippen molar-refractivity contribution in [2.45, 2.75) is 26.1 Å². The Hall–Kier alpha value is -0.580. The van der Waals surface area contributed by atoms with Gasteiger partial charge in [-0.1, -0.05) is 0 Å². The van der Waals surface area contributed by atoms with E-state index in [0.29, 0.717) is 10.3 Å². The molecular formula is C7H11BrFN3. The van der Waals surface area contributed by atoms with Gasteiger partial charge in [0.1, 0.15) is 5.67 Å². The first-order valence-corrected chi connectivity index (χ1v) is 4.35. The molecule has 0 fully saturated rings. The van der Waals surface area contributed by atoms with Crippen LogP contribution in [-0.4, -0.2) is 15.4 Å². The number of anilines is 1. The Morgan fingerprint density at radius 2 is 2.33 bits per heavy atom. The van der Waals surface area contributed by atoms with Crippen LogP contribution in [0.15, 0.2) is 10.7 Å². The van der Waals surface area contributed by atoms with Gasteiger partial charge < -0.3 is 5.73 Å². The molecule has 1 rings (SSSR count). The summed E-state index contributed by atoms with van der Waals surface area (Å²) in [6.45, 7) is 3.21. The van der Waals surface area contributed by atoms with Crippen LogP contribution in [0.25, 0.3) is 0 Å². The fraction of sp³-hybridized carbons (Fsp3) is 0.571. The van der Waals surface area contributed by atoms with Gasteiger partial charge in [-0.2, -0.15) is 5.10 Å². The third-order valence-electron chi connectivity index (χ3n) is 1.28. The van der Waals surface area contributed by atoms with Crippen LogP contribution in [0.2, 0.25) is 0 Å². The summed E-state index contributed by atoms with van der Waals surface area (Å²) in [7, 11) is 0. The molecule has 2 N–H and O–H groups in total. The van der Waals surface area contributed by atoms with Crippen LogP contribution in [0.1, 0.15) is 13.8 Å². The zero-order valence-electron chi connectivity index (χ0n) is 7.01. The summed E-state index contributed by atoms with van der Waals surface area (Å²) >= 11 is 3.19. The topological polar surface area (TPSA) is 43.8 Å². The van der Waals surface area contributed by atoms with E-state index in [1.54, 1.807) is 6.20 Å². The zero-order valence-corrected chi connectivity index (χ0v) is 8.60. The Kier molecular flexibility index (Phi) is 2.41. The number of hydrogen-bond acceptors (Lipinski definition) is 2. The van der Waals surface area contributed by atoms with Gasteiger partial charge in [0.05, 0.1) is 11.0 Å². The predicted molar refractivity (Wildman–Crippen MR) is 49.5 cm³/mol. The molecule has 0 bridgehead atoms. The number of halogens is 2. The quantitative estimate of drug-likeness (QED) is 0.853. The predicted octanol–water partition coefficient (Wildman–Crippen LogP) is 1.98. The maximum Gasteiger partial charge on any atom is 0.159 e. The standard InChI is InChI=1S/C7H11BrFN3/c1-7(2,9)4-12-3-5(8)6(10)11-12/h3H,4H2,1-2H3,(H2,10,11). The molecule has 0 spiro atoms. The van der Waals surface area contributed by atoms with Crippen molar-refractivity contribution in [1.82, 2.24) is 9.78 Å². The molecule has 0 saturated carbocycles. The van der Waals surface area contributed by atoms with Gasteiger partial charge in [0.15, 0.2) is 5.82 Å². The van der Waals surface area contributed by atoms with Gasteiger partial charge in [-0.3, -0.25) is 4.68 Å². The Balaban J connectivity index is 2.77. The smallest absolute Gasteiger partial charge is 0.159 e. The van der Waals surface area contributed by atoms with Crippen LogP contribution in [0.4, 0.5) is 10.2 Å². The van der Waals surface area contributed by atoms with E-state index in [0.717, 1.165) is 0 Å². The van der Waals surface area contributed by atoms with E-state index in [9.17, 15) is 4.39 Å². The molecule has 1 aromatic rings. The molecule has 0 aromatic carbocycles. The molecule has 3 nitrogen and oxygen atoms in total. The molecule has 0 saturated heterocycles. The lowest BCUT2D eigenvalue weighted by Gasteiger charge is -2.12. The Morgan fingerprint density at radius 1 is 1.75 bits per heavy atom. The second kappa shape index (κ2) is 3.05. The molecule has 12 heavy (non-hydrogen) atoms. The second-order valence-corrected chi connectivity index (χ2v) is 4.13. The number of aromatic nitrogens is 2. The minimum atomic E-state index is -1.27. The highest BCUT2D eigenvalue weighted by atomic mass is 79.9. The summed E-state index contributed by atoms with van der Waals surface area (Å²) < 4.78 is 15.3. The van der Waals surface area contributed by atoms with Crippen molar-refractivity contribution in [1.29, 1.82) is 0 Å². The summed E-state index contributed by atoms with van der Waals surface area (Å²) in [5, 5.41) is 3.90. The lowest BCUT2D eigenvalue weighted by Crippen LogP contribution is -2.21. The lowest BCUT2D eigenvalue weighted by molar-refractivity contribution is 0.179. The van der Waals surface area contributed by atoms with Gasteiger partial charge in [0, 0.05) is 6.20 Å². The number of nitrogens with zero attached hydrogens (tertiary/aromatic N) is 2. The first-order chi connectivity index (χ1) is 5.38. The molecule has 0 atom stereocenters. The van der Waals surface area contributed by atoms with Crippen molar-refractivity contribution in [3.63, 3.8) is 0 Å². The van der Waals surface area contributed by atoms with E-state index in [-0.39, 0.29) is 6.54 Å². The summed E-state index contributed by atoms with van der Waals surface area (Å²) in [5.74, 6) is 0.388. The van der Waals surface area contributed by atoms with E-state index in [4.69, 9.17) is 5.73 Å². The van der Waals surface area contributed by atoms with Crippen LogP contribution >= 0.6 is 15.9 Å². The molecule has 68 valence electrons. The van der Waals surface area contributed by atoms with Crippen molar-refractivity contribution in [3.8, 4) is 0 Å². The average molecular weight is 236 g/mol. The highest BCUT2D eigenvalue weighted by Crippen LogP contribution is 2.19. The van der Waals surface area contributed by atoms with Crippen molar-refractivity contribution < 1.29 is 4.39 Å². The number of rotatable bonds is 2. The van der Waals surface area contributed by atoms with E-state index < -0.39 is 5.67 Å². The molecule has 0 aliphatic carbocycles. The normalized spacial score (nSPS) is 12.0. The van der Waals surface area contributed by atoms with Crippen molar-refractivity contribution >= 4 is 21.7 Å². The molecule has 0 aliphatic rings. The van der Waals surface area contributed by atoms with Crippen molar-refractivity contribution in [3.05, 3.63) is 10.7 Å². The summed E-state index contributed by atoms with van der Waals surface area (Å²) in [5.41, 5.74) is 4.19. The van der Waals surface area contributed by atoms with Gasteiger partial charge in [-0.25, -0.2) is 4.39 Å². The average Bonchev–Trinajstić information content (AvgIpc) is 2.07. The van der Waals surface area contributed by atoms with Gasteiger partial charge >= 0.3 is 0 Å². The Bertz CT molecular complexity index is 257. The Labute approximate surface area is 78.9 Å². The maximum atomic E-state index is 13.1. The fourth-order valence-electron chi connectivity index (χ4n) is 0.878. The third-order valence-corrected chi connectivity index (χ3v) is 1.89. The molecule has 0 unspecified atom stereocenters. The number of nitrogen functional groups attached to an aromatic ring is 1. The van der Waals surface area contributed by atoms with Crippen LogP contribution in [-0.2, 0) is 6.54 Å². The van der Waals surface area contributed by atoms with E-state index in [1.807, 2.05) is 0 Å². The number of nitrogens with two attached hydrogens (primary N) is 1. The molecule has 0 amide bonds. The van der Waals surface area contributed by atoms with Crippen LogP contribution in [0.5, 0.6) is 0 Å². The van der Waals surface area contributed by atoms with Gasteiger partial charge in [0.25, 0.3) is 0 Å². The molecule has 0 aliphatic heterocycles. The number of hydrogen-bond donors (Lipinski definition) is 1. The largest absolute Gasteiger partial charge is 0.381 e. The first kappa shape index (κ1) is 9.51. The third kappa shape index (κ3) is 2.48. The molecule has 0 radical (unpaired) electrons. The first-order valence-electron chi connectivity index (χ1n) is 3.56. The minimum Gasteiger partial charge on any atom is -0.381 e. The van der Waals surface area contributed by atoms with E-state index in [1.165, 1.54) is 18.5 Å². The number of alkyl halides is 1. The van der Waals surface area contributed by atoms with Gasteiger partial charge in [-0.05, 0) is 29.8 Å². The van der Waals surface area contributed by atoms with Crippen LogP contribution in [0, 0.1) is 0 Å². The van der Waals surface area contributed by atoms with Crippen molar-refractivity contribution in [2.75, 3.05) is 5.73 Å². The fourth-order valence-corrected chi connectivity index (χ4v) is 1.19. The van der Waals surface area contributed by atoms with E-state index in [2.05, 4.69) is 21.0 Å². The summed E-state index contributed by atoms with van der Waals surface area (Å²) in [6, 6.07) is 0. The molecular weight excluding hydrogens is 225 g/mol. The summed E-state index contributed by atoms with van der Waals surface area (Å²) in [6.07, 6.45) is 1.66. The highest BCUT2D eigenvalue weighted by molar-refractivity contribution is 9.10. The monoisotopic (exact) mass is 235 g/mol. The zero-order chi connectivity index (χ0) is 9.35. The van der Waals surface area contributed by atoms with Crippen molar-refractivity contribution in [2.24, 2.45) is 0 Å². The van der Waals surface area contributed by atoms with Gasteiger partial charge in [-0.15, -0.1) is 0 Å². The lowest BCUT2D eigenvalue weighted by atomic mass is 10.2. The van der Waals surface area contributed by atoms with Crippen LogP contribution < -0.4 is 5.73 Å². The second-order valence-electron chi connectivity index (χ2n) is 3.28. The molecule has 1 aromatic heterocycles. The van der Waals surface area contributed by atoms with Crippen LogP contribution in [0.3, 0.4) is 0 Å². The highest BCUT2D eigenvalue weighted by Gasteiger charge is 2.17. The summed E-state index contributed by atoms with van der Waals surface area (Å²) in [4.78, 5) is 0. The maximum absolute atomic E-state index is 13.1. The SMILES string of the molecule is CC(C)(F)Cn1cc(Br)c(N)n1. The van der Waals surface area contributed by atoms with Gasteiger partial charge in [0.2, 0.25) is 0 Å². The van der Waals surface area contributed by atoms with E-state index >= 15 is 0 Å². The molecule has 5 heteroatoms. The Morgan fingerprint density at radius 3 is 2.67 bits per heavy atom. The molecule has 1 heterocycles. The minimum absolute atomic E-state index is 0.211.